The monoisotopic (exact) mass is 254 g/mol. The minimum atomic E-state index is -0.703. The van der Waals surface area contributed by atoms with Gasteiger partial charge in [-0.15, -0.1) is 0 Å². The lowest BCUT2D eigenvalue weighted by atomic mass is 9.96. The van der Waals surface area contributed by atoms with Gasteiger partial charge in [0.15, 0.2) is 0 Å². The van der Waals surface area contributed by atoms with Gasteiger partial charge in [-0.2, -0.15) is 5.26 Å². The van der Waals surface area contributed by atoms with E-state index in [-0.39, 0.29) is 18.4 Å². The number of nitriles is 1. The molecule has 0 aliphatic heterocycles. The molecule has 0 N–H and O–H groups in total. The van der Waals surface area contributed by atoms with E-state index in [1.165, 1.54) is 4.90 Å². The average Bonchev–Trinajstić information content (AvgIpc) is 2.29. The molecular weight excluding hydrogens is 232 g/mol. The molecule has 1 atom stereocenters. The lowest BCUT2D eigenvalue weighted by molar-refractivity contribution is -0.150. The van der Waals surface area contributed by atoms with E-state index in [0.29, 0.717) is 13.2 Å². The first-order valence-electron chi connectivity index (χ1n) is 6.31. The van der Waals surface area contributed by atoms with E-state index in [0.717, 1.165) is 6.42 Å². The molecule has 0 heterocycles. The van der Waals surface area contributed by atoms with Crippen molar-refractivity contribution in [2.45, 2.75) is 34.1 Å². The number of carbonyl (C=O) groups is 2. The number of rotatable bonds is 7. The van der Waals surface area contributed by atoms with E-state index in [1.54, 1.807) is 6.92 Å². The first-order chi connectivity index (χ1) is 8.47. The molecule has 0 aromatic carbocycles. The third-order valence-corrected chi connectivity index (χ3v) is 2.50. The molecule has 1 unspecified atom stereocenters. The van der Waals surface area contributed by atoms with Gasteiger partial charge in [0.2, 0.25) is 5.91 Å². The first-order valence-corrected chi connectivity index (χ1v) is 6.31. The minimum absolute atomic E-state index is 0.0657. The number of hydrogen-bond acceptors (Lipinski definition) is 4. The van der Waals surface area contributed by atoms with Crippen molar-refractivity contribution in [1.82, 2.24) is 4.90 Å². The first kappa shape index (κ1) is 16.4. The lowest BCUT2D eigenvalue weighted by Gasteiger charge is -2.24. The third kappa shape index (κ3) is 5.17. The fraction of sp³-hybridized carbons (Fsp3) is 0.769. The molecule has 0 rings (SSSR count). The van der Waals surface area contributed by atoms with Gasteiger partial charge < -0.3 is 9.64 Å². The van der Waals surface area contributed by atoms with Crippen LogP contribution in [0.1, 0.15) is 34.1 Å². The van der Waals surface area contributed by atoms with Crippen LogP contribution < -0.4 is 0 Å². The topological polar surface area (TPSA) is 70.4 Å². The van der Waals surface area contributed by atoms with Crippen molar-refractivity contribution in [2.24, 2.45) is 11.8 Å². The van der Waals surface area contributed by atoms with Crippen LogP contribution in [0.15, 0.2) is 0 Å². The van der Waals surface area contributed by atoms with Crippen LogP contribution in [0.25, 0.3) is 0 Å². The van der Waals surface area contributed by atoms with Crippen molar-refractivity contribution < 1.29 is 14.3 Å². The van der Waals surface area contributed by atoms with Crippen molar-refractivity contribution in [2.75, 3.05) is 19.7 Å². The molecule has 18 heavy (non-hydrogen) atoms. The Hall–Kier alpha value is -1.57. The highest BCUT2D eigenvalue weighted by Gasteiger charge is 2.28. The maximum absolute atomic E-state index is 12.1. The summed E-state index contributed by atoms with van der Waals surface area (Å²) in [4.78, 5) is 25.0. The van der Waals surface area contributed by atoms with Crippen molar-refractivity contribution in [1.29, 1.82) is 5.26 Å². The zero-order valence-electron chi connectivity index (χ0n) is 11.6. The molecular formula is C13H22N2O3. The normalized spacial score (nSPS) is 11.8. The molecule has 0 aliphatic rings. The zero-order valence-corrected chi connectivity index (χ0v) is 11.6. The van der Waals surface area contributed by atoms with Gasteiger partial charge in [-0.3, -0.25) is 9.59 Å². The maximum atomic E-state index is 12.1. The molecule has 0 aromatic heterocycles. The average molecular weight is 254 g/mol. The third-order valence-electron chi connectivity index (χ3n) is 2.50. The molecule has 102 valence electrons. The molecule has 0 radical (unpaired) electrons. The molecule has 0 bridgehead atoms. The zero-order chi connectivity index (χ0) is 14.1. The molecule has 0 aromatic rings. The highest BCUT2D eigenvalue weighted by Crippen LogP contribution is 2.13. The summed E-state index contributed by atoms with van der Waals surface area (Å²) in [6.45, 7) is 7.95. The van der Waals surface area contributed by atoms with Gasteiger partial charge in [-0.25, -0.2) is 0 Å². The van der Waals surface area contributed by atoms with Crippen molar-refractivity contribution in [3.63, 3.8) is 0 Å². The summed E-state index contributed by atoms with van der Waals surface area (Å²) >= 11 is 0. The van der Waals surface area contributed by atoms with E-state index in [1.807, 2.05) is 26.8 Å². The molecule has 0 aliphatic carbocycles. The number of hydrogen-bond donors (Lipinski definition) is 0. The Morgan fingerprint density at radius 3 is 2.33 bits per heavy atom. The van der Waals surface area contributed by atoms with Gasteiger partial charge in [0.25, 0.3) is 0 Å². The smallest absolute Gasteiger partial charge is 0.325 e. The van der Waals surface area contributed by atoms with Crippen LogP contribution >= 0.6 is 0 Å². The Kier molecular flexibility index (Phi) is 7.77. The van der Waals surface area contributed by atoms with E-state index < -0.39 is 11.9 Å². The van der Waals surface area contributed by atoms with E-state index in [9.17, 15) is 9.59 Å². The van der Waals surface area contributed by atoms with Gasteiger partial charge in [0.1, 0.15) is 12.5 Å². The Morgan fingerprint density at radius 2 is 1.94 bits per heavy atom. The van der Waals surface area contributed by atoms with E-state index in [2.05, 4.69) is 0 Å². The molecule has 0 fully saturated rings. The van der Waals surface area contributed by atoms with Gasteiger partial charge >= 0.3 is 5.97 Å². The number of esters is 1. The predicted molar refractivity (Wildman–Crippen MR) is 67.4 cm³/mol. The molecule has 1 amide bonds. The summed E-state index contributed by atoms with van der Waals surface area (Å²) in [7, 11) is 0. The lowest BCUT2D eigenvalue weighted by Crippen LogP contribution is -2.41. The van der Waals surface area contributed by atoms with Gasteiger partial charge in [0, 0.05) is 6.54 Å². The Morgan fingerprint density at radius 1 is 1.33 bits per heavy atom. The standard InChI is InChI=1S/C13H22N2O3/c1-5-7-15(9-12(16)18-6-2)13(17)11(8-14)10(3)4/h10-11H,5-7,9H2,1-4H3. The second-order valence-corrected chi connectivity index (χ2v) is 4.42. The fourth-order valence-corrected chi connectivity index (χ4v) is 1.59. The summed E-state index contributed by atoms with van der Waals surface area (Å²) in [6.07, 6.45) is 0.737. The van der Waals surface area contributed by atoms with Gasteiger partial charge in [-0.05, 0) is 19.3 Å². The number of nitrogens with zero attached hydrogens (tertiary/aromatic N) is 2. The Labute approximate surface area is 109 Å². The van der Waals surface area contributed by atoms with Crippen LogP contribution in [-0.4, -0.2) is 36.5 Å². The summed E-state index contributed by atoms with van der Waals surface area (Å²) in [6, 6.07) is 2.00. The van der Waals surface area contributed by atoms with Gasteiger partial charge in [0.05, 0.1) is 12.7 Å². The van der Waals surface area contributed by atoms with Crippen LogP contribution in [0.4, 0.5) is 0 Å². The molecule has 0 saturated carbocycles. The number of ether oxygens (including phenoxy) is 1. The molecule has 0 saturated heterocycles. The van der Waals surface area contributed by atoms with Crippen LogP contribution in [0, 0.1) is 23.2 Å². The largest absolute Gasteiger partial charge is 0.465 e. The summed E-state index contributed by atoms with van der Waals surface area (Å²) in [5.41, 5.74) is 0. The van der Waals surface area contributed by atoms with Crippen molar-refractivity contribution in [3.8, 4) is 6.07 Å². The number of amides is 1. The van der Waals surface area contributed by atoms with Crippen LogP contribution in [0.3, 0.4) is 0 Å². The second kappa shape index (κ2) is 8.51. The summed E-state index contributed by atoms with van der Waals surface area (Å²) < 4.78 is 4.83. The van der Waals surface area contributed by atoms with Crippen LogP contribution in [-0.2, 0) is 14.3 Å². The maximum Gasteiger partial charge on any atom is 0.325 e. The van der Waals surface area contributed by atoms with E-state index >= 15 is 0 Å². The second-order valence-electron chi connectivity index (χ2n) is 4.42. The minimum Gasteiger partial charge on any atom is -0.465 e. The summed E-state index contributed by atoms with van der Waals surface area (Å²) in [5, 5.41) is 9.01. The number of carbonyl (C=O) groups excluding carboxylic acids is 2. The SMILES string of the molecule is CCCN(CC(=O)OCC)C(=O)C(C#N)C(C)C. The molecule has 5 nitrogen and oxygen atoms in total. The van der Waals surface area contributed by atoms with Crippen molar-refractivity contribution >= 4 is 11.9 Å². The highest BCUT2D eigenvalue weighted by molar-refractivity contribution is 5.85. The predicted octanol–water partition coefficient (Wildman–Crippen LogP) is 1.58. The van der Waals surface area contributed by atoms with Gasteiger partial charge in [-0.1, -0.05) is 20.8 Å². The Bertz CT molecular complexity index is 321. The van der Waals surface area contributed by atoms with Crippen LogP contribution in [0.5, 0.6) is 0 Å². The molecule has 0 spiro atoms. The van der Waals surface area contributed by atoms with E-state index in [4.69, 9.17) is 10.00 Å². The quantitative estimate of drug-likeness (QED) is 0.647. The highest BCUT2D eigenvalue weighted by atomic mass is 16.5. The fourth-order valence-electron chi connectivity index (χ4n) is 1.59. The molecule has 5 heteroatoms. The Balaban J connectivity index is 4.72. The summed E-state index contributed by atoms with van der Waals surface area (Å²) in [5.74, 6) is -1.49. The van der Waals surface area contributed by atoms with Crippen molar-refractivity contribution in [3.05, 3.63) is 0 Å². The van der Waals surface area contributed by atoms with Crippen LogP contribution in [0.2, 0.25) is 0 Å².